The number of aromatic nitrogens is 3. The Kier molecular flexibility index (Phi) is 3.72. The molecular formula is C13H16N4O. The zero-order valence-electron chi connectivity index (χ0n) is 10.6. The van der Waals surface area contributed by atoms with Crippen LogP contribution < -0.4 is 10.5 Å². The number of hydrogen-bond acceptors (Lipinski definition) is 5. The topological polar surface area (TPSA) is 73.9 Å². The van der Waals surface area contributed by atoms with Gasteiger partial charge in [0.05, 0.1) is 6.61 Å². The van der Waals surface area contributed by atoms with Crippen LogP contribution in [-0.4, -0.2) is 21.6 Å². The second-order valence-electron chi connectivity index (χ2n) is 4.01. The SMILES string of the molecule is Cc1nc(C)nc(CCOc2ccc(N)cc2)n1. The fourth-order valence-electron chi connectivity index (χ4n) is 1.62. The third kappa shape index (κ3) is 3.41. The van der Waals surface area contributed by atoms with Crippen LogP contribution in [0.4, 0.5) is 5.69 Å². The molecule has 0 saturated heterocycles. The van der Waals surface area contributed by atoms with Gasteiger partial charge in [-0.3, -0.25) is 0 Å². The van der Waals surface area contributed by atoms with Gasteiger partial charge in [-0.1, -0.05) is 0 Å². The Morgan fingerprint density at radius 1 is 1.00 bits per heavy atom. The van der Waals surface area contributed by atoms with Gasteiger partial charge in [0.1, 0.15) is 23.2 Å². The standard InChI is InChI=1S/C13H16N4O/c1-9-15-10(2)17-13(16-9)7-8-18-12-5-3-11(14)4-6-12/h3-6H,7-8,14H2,1-2H3. The minimum atomic E-state index is 0.535. The third-order valence-electron chi connectivity index (χ3n) is 2.38. The number of rotatable bonds is 4. The first-order valence-electron chi connectivity index (χ1n) is 5.80. The van der Waals surface area contributed by atoms with Gasteiger partial charge in [-0.2, -0.15) is 0 Å². The van der Waals surface area contributed by atoms with E-state index < -0.39 is 0 Å². The molecule has 0 bridgehead atoms. The summed E-state index contributed by atoms with van der Waals surface area (Å²) in [5, 5.41) is 0. The molecule has 0 amide bonds. The molecular weight excluding hydrogens is 228 g/mol. The lowest BCUT2D eigenvalue weighted by molar-refractivity contribution is 0.318. The quantitative estimate of drug-likeness (QED) is 0.828. The van der Waals surface area contributed by atoms with Crippen molar-refractivity contribution in [2.45, 2.75) is 20.3 Å². The van der Waals surface area contributed by atoms with Crippen LogP contribution >= 0.6 is 0 Å². The molecule has 0 aliphatic rings. The lowest BCUT2D eigenvalue weighted by atomic mass is 10.3. The van der Waals surface area contributed by atoms with Gasteiger partial charge in [0.15, 0.2) is 0 Å². The molecule has 0 atom stereocenters. The highest BCUT2D eigenvalue weighted by Crippen LogP contribution is 2.13. The number of nitrogens with zero attached hydrogens (tertiary/aromatic N) is 3. The van der Waals surface area contributed by atoms with Gasteiger partial charge in [0.25, 0.3) is 0 Å². The molecule has 1 aromatic heterocycles. The molecule has 0 fully saturated rings. The summed E-state index contributed by atoms with van der Waals surface area (Å²) in [5.74, 6) is 3.04. The molecule has 5 heteroatoms. The molecule has 0 radical (unpaired) electrons. The van der Waals surface area contributed by atoms with Crippen LogP contribution in [0.25, 0.3) is 0 Å². The number of benzene rings is 1. The number of aryl methyl sites for hydroxylation is 2. The Morgan fingerprint density at radius 3 is 2.22 bits per heavy atom. The number of ether oxygens (including phenoxy) is 1. The first-order valence-corrected chi connectivity index (χ1v) is 5.80. The van der Waals surface area contributed by atoms with Crippen LogP contribution in [0.15, 0.2) is 24.3 Å². The van der Waals surface area contributed by atoms with Crippen molar-refractivity contribution in [2.75, 3.05) is 12.3 Å². The monoisotopic (exact) mass is 244 g/mol. The number of nitrogen functional groups attached to an aromatic ring is 1. The molecule has 0 aliphatic heterocycles. The van der Waals surface area contributed by atoms with Crippen molar-refractivity contribution in [2.24, 2.45) is 0 Å². The zero-order chi connectivity index (χ0) is 13.0. The maximum atomic E-state index is 5.60. The molecule has 0 unspecified atom stereocenters. The van der Waals surface area contributed by atoms with Crippen LogP contribution in [0, 0.1) is 13.8 Å². The second-order valence-corrected chi connectivity index (χ2v) is 4.01. The summed E-state index contributed by atoms with van der Waals surface area (Å²) >= 11 is 0. The molecule has 2 N–H and O–H groups in total. The lowest BCUT2D eigenvalue weighted by Gasteiger charge is -2.06. The van der Waals surface area contributed by atoms with Gasteiger partial charge in [-0.25, -0.2) is 15.0 Å². The number of anilines is 1. The van der Waals surface area contributed by atoms with Crippen molar-refractivity contribution in [3.05, 3.63) is 41.7 Å². The van der Waals surface area contributed by atoms with Gasteiger partial charge in [-0.15, -0.1) is 0 Å². The largest absolute Gasteiger partial charge is 0.493 e. The van der Waals surface area contributed by atoms with Gasteiger partial charge in [0.2, 0.25) is 0 Å². The van der Waals surface area contributed by atoms with Crippen molar-refractivity contribution < 1.29 is 4.74 Å². The van der Waals surface area contributed by atoms with Crippen molar-refractivity contribution in [3.8, 4) is 5.75 Å². The van der Waals surface area contributed by atoms with E-state index in [-0.39, 0.29) is 0 Å². The van der Waals surface area contributed by atoms with E-state index in [9.17, 15) is 0 Å². The second kappa shape index (κ2) is 5.44. The molecule has 0 aliphatic carbocycles. The predicted molar refractivity (Wildman–Crippen MR) is 69.4 cm³/mol. The average Bonchev–Trinajstić information content (AvgIpc) is 2.30. The molecule has 18 heavy (non-hydrogen) atoms. The highest BCUT2D eigenvalue weighted by Gasteiger charge is 2.01. The summed E-state index contributed by atoms with van der Waals surface area (Å²) < 4.78 is 5.59. The predicted octanol–water partition coefficient (Wildman–Crippen LogP) is 1.69. The highest BCUT2D eigenvalue weighted by atomic mass is 16.5. The van der Waals surface area contributed by atoms with E-state index in [1.807, 2.05) is 38.1 Å². The van der Waals surface area contributed by atoms with Crippen molar-refractivity contribution in [1.82, 2.24) is 15.0 Å². The number of nitrogens with two attached hydrogens (primary N) is 1. The van der Waals surface area contributed by atoms with Crippen LogP contribution in [0.3, 0.4) is 0 Å². The Bertz CT molecular complexity index is 505. The maximum Gasteiger partial charge on any atom is 0.135 e. The Hall–Kier alpha value is -2.17. The third-order valence-corrected chi connectivity index (χ3v) is 2.38. The van der Waals surface area contributed by atoms with E-state index in [1.165, 1.54) is 0 Å². The summed E-state index contributed by atoms with van der Waals surface area (Å²) in [4.78, 5) is 12.6. The van der Waals surface area contributed by atoms with Crippen molar-refractivity contribution in [3.63, 3.8) is 0 Å². The van der Waals surface area contributed by atoms with Crippen molar-refractivity contribution in [1.29, 1.82) is 0 Å². The van der Waals surface area contributed by atoms with Crippen LogP contribution in [0.1, 0.15) is 17.5 Å². The number of hydrogen-bond donors (Lipinski definition) is 1. The van der Waals surface area contributed by atoms with E-state index in [1.54, 1.807) is 0 Å². The first-order chi connectivity index (χ1) is 8.63. The summed E-state index contributed by atoms with van der Waals surface area (Å²) in [6.07, 6.45) is 0.661. The fourth-order valence-corrected chi connectivity index (χ4v) is 1.62. The molecule has 0 spiro atoms. The van der Waals surface area contributed by atoms with Gasteiger partial charge in [-0.05, 0) is 38.1 Å². The Morgan fingerprint density at radius 2 is 1.61 bits per heavy atom. The van der Waals surface area contributed by atoms with Crippen LogP contribution in [0.2, 0.25) is 0 Å². The van der Waals surface area contributed by atoms with E-state index >= 15 is 0 Å². The Labute approximate surface area is 106 Å². The van der Waals surface area contributed by atoms with E-state index in [4.69, 9.17) is 10.5 Å². The van der Waals surface area contributed by atoms with Crippen LogP contribution in [-0.2, 0) is 6.42 Å². The molecule has 1 aromatic carbocycles. The van der Waals surface area contributed by atoms with Gasteiger partial charge < -0.3 is 10.5 Å². The molecule has 2 aromatic rings. The van der Waals surface area contributed by atoms with E-state index in [0.717, 1.165) is 28.9 Å². The average molecular weight is 244 g/mol. The van der Waals surface area contributed by atoms with E-state index in [2.05, 4.69) is 15.0 Å². The smallest absolute Gasteiger partial charge is 0.135 e. The highest BCUT2D eigenvalue weighted by molar-refractivity contribution is 5.41. The summed E-state index contributed by atoms with van der Waals surface area (Å²) in [6.45, 7) is 4.25. The lowest BCUT2D eigenvalue weighted by Crippen LogP contribution is -2.08. The molecule has 1 heterocycles. The fraction of sp³-hybridized carbons (Fsp3) is 0.308. The van der Waals surface area contributed by atoms with Gasteiger partial charge >= 0.3 is 0 Å². The molecule has 5 nitrogen and oxygen atoms in total. The first kappa shape index (κ1) is 12.3. The summed E-state index contributed by atoms with van der Waals surface area (Å²) in [5.41, 5.74) is 6.33. The minimum Gasteiger partial charge on any atom is -0.493 e. The normalized spacial score (nSPS) is 10.3. The maximum absolute atomic E-state index is 5.60. The van der Waals surface area contributed by atoms with Crippen molar-refractivity contribution >= 4 is 5.69 Å². The molecule has 2 rings (SSSR count). The van der Waals surface area contributed by atoms with Crippen LogP contribution in [0.5, 0.6) is 5.75 Å². The Balaban J connectivity index is 1.90. The molecule has 94 valence electrons. The van der Waals surface area contributed by atoms with E-state index in [0.29, 0.717) is 13.0 Å². The molecule has 0 saturated carbocycles. The zero-order valence-corrected chi connectivity index (χ0v) is 10.6. The summed E-state index contributed by atoms with van der Waals surface area (Å²) in [7, 11) is 0. The minimum absolute atomic E-state index is 0.535. The van der Waals surface area contributed by atoms with Gasteiger partial charge in [0, 0.05) is 12.1 Å². The summed E-state index contributed by atoms with van der Waals surface area (Å²) in [6, 6.07) is 7.32.